The summed E-state index contributed by atoms with van der Waals surface area (Å²) in [5.41, 5.74) is 2.51. The van der Waals surface area contributed by atoms with Crippen LogP contribution in [0.25, 0.3) is 0 Å². The molecule has 0 spiro atoms. The van der Waals surface area contributed by atoms with Crippen molar-refractivity contribution in [2.45, 2.75) is 43.9 Å². The van der Waals surface area contributed by atoms with Gasteiger partial charge in [0.1, 0.15) is 12.4 Å². The minimum atomic E-state index is 0.303. The van der Waals surface area contributed by atoms with Crippen LogP contribution in [-0.4, -0.2) is 85.6 Å². The van der Waals surface area contributed by atoms with Gasteiger partial charge in [0.25, 0.3) is 0 Å². The fourth-order valence-corrected chi connectivity index (χ4v) is 5.27. The van der Waals surface area contributed by atoms with Crippen molar-refractivity contribution >= 4 is 5.91 Å². The number of likely N-dealkylation sites (tertiary alicyclic amines) is 1. The van der Waals surface area contributed by atoms with Crippen molar-refractivity contribution < 1.29 is 9.53 Å². The molecule has 1 saturated carbocycles. The Labute approximate surface area is 203 Å². The molecule has 2 heterocycles. The van der Waals surface area contributed by atoms with Gasteiger partial charge >= 0.3 is 0 Å². The molecule has 1 amide bonds. The topological polar surface area (TPSA) is 48.0 Å². The first-order valence-corrected chi connectivity index (χ1v) is 12.9. The van der Waals surface area contributed by atoms with E-state index in [1.165, 1.54) is 11.1 Å². The van der Waals surface area contributed by atoms with Crippen molar-refractivity contribution in [1.82, 2.24) is 20.0 Å². The van der Waals surface area contributed by atoms with Crippen LogP contribution in [-0.2, 0) is 11.4 Å². The van der Waals surface area contributed by atoms with Gasteiger partial charge in [0.2, 0.25) is 5.91 Å². The highest BCUT2D eigenvalue weighted by molar-refractivity contribution is 5.78. The Morgan fingerprint density at radius 3 is 2.41 bits per heavy atom. The van der Waals surface area contributed by atoms with E-state index in [1.807, 2.05) is 6.07 Å². The van der Waals surface area contributed by atoms with Gasteiger partial charge in [0, 0.05) is 57.3 Å². The molecule has 0 radical (unpaired) electrons. The van der Waals surface area contributed by atoms with E-state index < -0.39 is 0 Å². The van der Waals surface area contributed by atoms with Crippen molar-refractivity contribution in [3.05, 3.63) is 65.7 Å². The predicted molar refractivity (Wildman–Crippen MR) is 135 cm³/mol. The van der Waals surface area contributed by atoms with Crippen LogP contribution < -0.4 is 10.1 Å². The summed E-state index contributed by atoms with van der Waals surface area (Å²) in [4.78, 5) is 19.5. The molecule has 2 aliphatic heterocycles. The molecule has 2 saturated heterocycles. The monoisotopic (exact) mass is 462 g/mol. The summed E-state index contributed by atoms with van der Waals surface area (Å²) in [7, 11) is 2.15. The fraction of sp³-hybridized carbons (Fsp3) is 0.536. The first-order chi connectivity index (χ1) is 16.7. The zero-order valence-electron chi connectivity index (χ0n) is 20.4. The molecule has 6 heteroatoms. The van der Waals surface area contributed by atoms with E-state index in [-0.39, 0.29) is 0 Å². The number of likely N-dealkylation sites (N-methyl/N-ethyl adjacent to an activating group) is 1. The molecule has 6 nitrogen and oxygen atoms in total. The molecular weight excluding hydrogens is 424 g/mol. The predicted octanol–water partition coefficient (Wildman–Crippen LogP) is 2.95. The van der Waals surface area contributed by atoms with E-state index in [0.29, 0.717) is 37.1 Å². The van der Waals surface area contributed by atoms with Crippen LogP contribution in [0.2, 0.25) is 0 Å². The number of piperazine rings is 1. The van der Waals surface area contributed by atoms with Crippen molar-refractivity contribution in [2.75, 3.05) is 52.9 Å². The molecule has 5 rings (SSSR count). The molecular formula is C28H38N4O2. The number of para-hydroxylation sites is 1. The van der Waals surface area contributed by atoms with Crippen LogP contribution in [0.5, 0.6) is 5.75 Å². The van der Waals surface area contributed by atoms with E-state index in [9.17, 15) is 4.79 Å². The van der Waals surface area contributed by atoms with Crippen molar-refractivity contribution in [2.24, 2.45) is 0 Å². The number of hydrogen-bond donors (Lipinski definition) is 1. The van der Waals surface area contributed by atoms with Crippen molar-refractivity contribution in [3.8, 4) is 5.75 Å². The molecule has 2 aromatic carbocycles. The minimum absolute atomic E-state index is 0.303. The van der Waals surface area contributed by atoms with E-state index in [0.717, 1.165) is 64.3 Å². The highest BCUT2D eigenvalue weighted by Crippen LogP contribution is 2.45. The Morgan fingerprint density at radius 2 is 1.65 bits per heavy atom. The van der Waals surface area contributed by atoms with Crippen molar-refractivity contribution in [1.29, 1.82) is 0 Å². The number of hydrogen-bond acceptors (Lipinski definition) is 5. The van der Waals surface area contributed by atoms with Gasteiger partial charge in [-0.15, -0.1) is 0 Å². The van der Waals surface area contributed by atoms with E-state index >= 15 is 0 Å². The van der Waals surface area contributed by atoms with Crippen LogP contribution >= 0.6 is 0 Å². The number of amides is 1. The number of nitrogens with zero attached hydrogens (tertiary/aromatic N) is 3. The lowest BCUT2D eigenvalue weighted by Gasteiger charge is -2.36. The lowest BCUT2D eigenvalue weighted by molar-refractivity contribution is -0.133. The van der Waals surface area contributed by atoms with Gasteiger partial charge in [-0.05, 0) is 43.5 Å². The maximum atomic E-state index is 12.8. The van der Waals surface area contributed by atoms with Crippen LogP contribution in [0.15, 0.2) is 54.6 Å². The fourth-order valence-electron chi connectivity index (χ4n) is 5.27. The molecule has 1 N–H and O–H groups in total. The standard InChI is InChI=1S/C28H38N4O2/c1-30-15-17-31(18-16-30)20-28(33)32-13-11-23(12-14-32)29-26-19-25(26)24-9-5-6-10-27(24)34-21-22-7-3-2-4-8-22/h2-10,23,25-26,29H,11-21H2,1H3/t25-,26+/m0/s1. The largest absolute Gasteiger partial charge is 0.489 e. The number of rotatable bonds is 8. The number of carbonyl (C=O) groups is 1. The maximum absolute atomic E-state index is 12.8. The third-order valence-electron chi connectivity index (χ3n) is 7.60. The van der Waals surface area contributed by atoms with Gasteiger partial charge < -0.3 is 19.9 Å². The normalized spacial score (nSPS) is 24.2. The summed E-state index contributed by atoms with van der Waals surface area (Å²) in [6, 6.07) is 19.8. The van der Waals surface area contributed by atoms with Crippen molar-refractivity contribution in [3.63, 3.8) is 0 Å². The SMILES string of the molecule is CN1CCN(CC(=O)N2CCC(N[C@@H]3C[C@H]3c3ccccc3OCc3ccccc3)CC2)CC1. The average molecular weight is 463 g/mol. The first kappa shape index (κ1) is 23.3. The third-order valence-corrected chi connectivity index (χ3v) is 7.60. The summed E-state index contributed by atoms with van der Waals surface area (Å²) in [6.07, 6.45) is 3.25. The first-order valence-electron chi connectivity index (χ1n) is 12.9. The number of piperidine rings is 1. The molecule has 3 aliphatic rings. The summed E-state index contributed by atoms with van der Waals surface area (Å²) in [5, 5.41) is 3.88. The molecule has 0 bridgehead atoms. The Kier molecular flexibility index (Phi) is 7.48. The van der Waals surface area contributed by atoms with E-state index in [2.05, 4.69) is 75.6 Å². The molecule has 182 valence electrons. The maximum Gasteiger partial charge on any atom is 0.236 e. The lowest BCUT2D eigenvalue weighted by Crippen LogP contribution is -2.51. The molecule has 2 atom stereocenters. The third kappa shape index (κ3) is 5.98. The van der Waals surface area contributed by atoms with Crippen LogP contribution in [0.3, 0.4) is 0 Å². The number of nitrogens with one attached hydrogen (secondary N) is 1. The quantitative estimate of drug-likeness (QED) is 0.654. The highest BCUT2D eigenvalue weighted by atomic mass is 16.5. The molecule has 3 fully saturated rings. The zero-order chi connectivity index (χ0) is 23.3. The average Bonchev–Trinajstić information content (AvgIpc) is 3.64. The Morgan fingerprint density at radius 1 is 0.941 bits per heavy atom. The van der Waals surface area contributed by atoms with Gasteiger partial charge in [-0.2, -0.15) is 0 Å². The highest BCUT2D eigenvalue weighted by Gasteiger charge is 2.41. The van der Waals surface area contributed by atoms with Gasteiger partial charge in [-0.25, -0.2) is 0 Å². The summed E-state index contributed by atoms with van der Waals surface area (Å²) in [5.74, 6) is 1.82. The molecule has 0 unspecified atom stereocenters. The second-order valence-corrected chi connectivity index (χ2v) is 10.2. The Bertz CT molecular complexity index is 936. The lowest BCUT2D eigenvalue weighted by atomic mass is 10.0. The van der Waals surface area contributed by atoms with Crippen LogP contribution in [0.4, 0.5) is 0 Å². The van der Waals surface area contributed by atoms with E-state index in [4.69, 9.17) is 4.74 Å². The van der Waals surface area contributed by atoms with Gasteiger partial charge in [0.15, 0.2) is 0 Å². The Hall–Kier alpha value is -2.41. The van der Waals surface area contributed by atoms with Gasteiger partial charge in [-0.3, -0.25) is 9.69 Å². The van der Waals surface area contributed by atoms with Crippen LogP contribution in [0.1, 0.15) is 36.3 Å². The number of ether oxygens (including phenoxy) is 1. The van der Waals surface area contributed by atoms with E-state index in [1.54, 1.807) is 0 Å². The summed E-state index contributed by atoms with van der Waals surface area (Å²) in [6.45, 7) is 7.04. The number of carbonyl (C=O) groups excluding carboxylic acids is 1. The molecule has 2 aromatic rings. The smallest absolute Gasteiger partial charge is 0.236 e. The van der Waals surface area contributed by atoms with Gasteiger partial charge in [0.05, 0.1) is 6.54 Å². The zero-order valence-corrected chi connectivity index (χ0v) is 20.4. The molecule has 1 aliphatic carbocycles. The van der Waals surface area contributed by atoms with Gasteiger partial charge in [-0.1, -0.05) is 48.5 Å². The second-order valence-electron chi connectivity index (χ2n) is 10.2. The minimum Gasteiger partial charge on any atom is -0.489 e. The number of benzene rings is 2. The van der Waals surface area contributed by atoms with Crippen LogP contribution in [0, 0.1) is 0 Å². The second kappa shape index (κ2) is 10.9. The summed E-state index contributed by atoms with van der Waals surface area (Å²) >= 11 is 0. The Balaban J connectivity index is 1.06. The molecule has 34 heavy (non-hydrogen) atoms. The summed E-state index contributed by atoms with van der Waals surface area (Å²) < 4.78 is 6.19. The molecule has 0 aromatic heterocycles.